The Morgan fingerprint density at radius 1 is 1.22 bits per heavy atom. The molecule has 27 heavy (non-hydrogen) atoms. The van der Waals surface area contributed by atoms with Crippen LogP contribution < -0.4 is 19.5 Å². The highest BCUT2D eigenvalue weighted by Crippen LogP contribution is 2.34. The largest absolute Gasteiger partial charge is 0.477 e. The summed E-state index contributed by atoms with van der Waals surface area (Å²) < 4.78 is 17.4. The number of hydrogen-bond acceptors (Lipinski definition) is 7. The molecule has 0 saturated heterocycles. The smallest absolute Gasteiger partial charge is 0.259 e. The van der Waals surface area contributed by atoms with Crippen LogP contribution in [0.15, 0.2) is 36.5 Å². The molecule has 0 unspecified atom stereocenters. The lowest BCUT2D eigenvalue weighted by atomic mass is 10.2. The number of carbonyl (C=O) groups excluding carboxylic acids is 1. The predicted octanol–water partition coefficient (Wildman–Crippen LogP) is 2.35. The van der Waals surface area contributed by atoms with Crippen molar-refractivity contribution in [2.24, 2.45) is 0 Å². The van der Waals surface area contributed by atoms with E-state index >= 15 is 0 Å². The van der Waals surface area contributed by atoms with E-state index < -0.39 is 0 Å². The van der Waals surface area contributed by atoms with Crippen LogP contribution in [0.5, 0.6) is 17.4 Å². The van der Waals surface area contributed by atoms with Crippen molar-refractivity contribution < 1.29 is 19.0 Å². The molecule has 138 valence electrons. The van der Waals surface area contributed by atoms with Crippen LogP contribution in [-0.4, -0.2) is 39.3 Å². The standard InChI is InChI=1S/C18H17N5O4/c1-3-25-17-7-6-16(21-22-17)23-11(2)13(9-19-23)18(24)20-12-4-5-14-15(8-12)27-10-26-14/h4-9H,3,10H2,1-2H3,(H,20,24). The number of aromatic nitrogens is 4. The van der Waals surface area contributed by atoms with Crippen molar-refractivity contribution in [3.05, 3.63) is 47.8 Å². The molecular formula is C18H17N5O4. The molecule has 0 saturated carbocycles. The Bertz CT molecular complexity index is 984. The van der Waals surface area contributed by atoms with Crippen LogP contribution in [0.3, 0.4) is 0 Å². The molecular weight excluding hydrogens is 350 g/mol. The van der Waals surface area contributed by atoms with E-state index in [9.17, 15) is 4.79 Å². The third kappa shape index (κ3) is 3.26. The van der Waals surface area contributed by atoms with E-state index in [1.54, 1.807) is 41.9 Å². The minimum atomic E-state index is -0.281. The van der Waals surface area contributed by atoms with Gasteiger partial charge in [0, 0.05) is 17.8 Å². The van der Waals surface area contributed by atoms with Gasteiger partial charge in [0.25, 0.3) is 5.91 Å². The van der Waals surface area contributed by atoms with Gasteiger partial charge in [-0.1, -0.05) is 0 Å². The molecule has 4 rings (SSSR count). The fourth-order valence-electron chi connectivity index (χ4n) is 2.69. The summed E-state index contributed by atoms with van der Waals surface area (Å²) in [6.45, 7) is 4.36. The summed E-state index contributed by atoms with van der Waals surface area (Å²) in [5, 5.41) is 15.2. The lowest BCUT2D eigenvalue weighted by Crippen LogP contribution is -2.13. The van der Waals surface area contributed by atoms with Crippen LogP contribution in [-0.2, 0) is 0 Å². The second-order valence-electron chi connectivity index (χ2n) is 5.74. The third-order valence-corrected chi connectivity index (χ3v) is 4.02. The molecule has 2 aromatic heterocycles. The van der Waals surface area contributed by atoms with Gasteiger partial charge in [0.1, 0.15) is 0 Å². The average molecular weight is 367 g/mol. The van der Waals surface area contributed by atoms with E-state index in [4.69, 9.17) is 14.2 Å². The first-order valence-electron chi connectivity index (χ1n) is 8.38. The minimum absolute atomic E-state index is 0.182. The molecule has 1 aromatic carbocycles. The minimum Gasteiger partial charge on any atom is -0.477 e. The van der Waals surface area contributed by atoms with Gasteiger partial charge in [-0.2, -0.15) is 5.10 Å². The fourth-order valence-corrected chi connectivity index (χ4v) is 2.69. The van der Waals surface area contributed by atoms with Crippen LogP contribution in [0.2, 0.25) is 0 Å². The number of carbonyl (C=O) groups is 1. The highest BCUT2D eigenvalue weighted by atomic mass is 16.7. The van der Waals surface area contributed by atoms with Crippen LogP contribution in [0.1, 0.15) is 23.0 Å². The summed E-state index contributed by atoms with van der Waals surface area (Å²) in [5.41, 5.74) is 1.69. The van der Waals surface area contributed by atoms with Crippen molar-refractivity contribution in [1.29, 1.82) is 0 Å². The first-order valence-corrected chi connectivity index (χ1v) is 8.38. The van der Waals surface area contributed by atoms with E-state index in [-0.39, 0.29) is 12.7 Å². The van der Waals surface area contributed by atoms with Crippen LogP contribution in [0.4, 0.5) is 5.69 Å². The van der Waals surface area contributed by atoms with Crippen molar-refractivity contribution in [3.63, 3.8) is 0 Å². The lowest BCUT2D eigenvalue weighted by molar-refractivity contribution is 0.102. The molecule has 0 radical (unpaired) electrons. The van der Waals surface area contributed by atoms with Gasteiger partial charge < -0.3 is 19.5 Å². The molecule has 1 aliphatic heterocycles. The second-order valence-corrected chi connectivity index (χ2v) is 5.74. The van der Waals surface area contributed by atoms with Crippen molar-refractivity contribution in [3.8, 4) is 23.2 Å². The Morgan fingerprint density at radius 2 is 2.07 bits per heavy atom. The average Bonchev–Trinajstić information content (AvgIpc) is 3.29. The summed E-state index contributed by atoms with van der Waals surface area (Å²) in [6.07, 6.45) is 1.50. The number of rotatable bonds is 5. The quantitative estimate of drug-likeness (QED) is 0.739. The maximum Gasteiger partial charge on any atom is 0.259 e. The van der Waals surface area contributed by atoms with Crippen molar-refractivity contribution in [2.75, 3.05) is 18.7 Å². The SMILES string of the molecule is CCOc1ccc(-n2ncc(C(=O)Nc3ccc4c(c3)OCO4)c2C)nn1. The van der Waals surface area contributed by atoms with Gasteiger partial charge in [-0.3, -0.25) is 4.79 Å². The number of nitrogens with zero attached hydrogens (tertiary/aromatic N) is 4. The third-order valence-electron chi connectivity index (χ3n) is 4.02. The first-order chi connectivity index (χ1) is 13.2. The highest BCUT2D eigenvalue weighted by Gasteiger charge is 2.18. The van der Waals surface area contributed by atoms with Crippen LogP contribution in [0, 0.1) is 6.92 Å². The zero-order valence-electron chi connectivity index (χ0n) is 14.8. The van der Waals surface area contributed by atoms with Gasteiger partial charge >= 0.3 is 0 Å². The number of benzene rings is 1. The number of anilines is 1. The van der Waals surface area contributed by atoms with Crippen molar-refractivity contribution in [2.45, 2.75) is 13.8 Å². The topological polar surface area (TPSA) is 100 Å². The molecule has 9 nitrogen and oxygen atoms in total. The Hall–Kier alpha value is -3.62. The molecule has 3 aromatic rings. The van der Waals surface area contributed by atoms with E-state index in [2.05, 4.69) is 20.6 Å². The Kier molecular flexibility index (Phi) is 4.33. The monoisotopic (exact) mass is 367 g/mol. The van der Waals surface area contributed by atoms with Crippen molar-refractivity contribution in [1.82, 2.24) is 20.0 Å². The molecule has 0 atom stereocenters. The molecule has 1 amide bonds. The zero-order valence-corrected chi connectivity index (χ0v) is 14.8. The van der Waals surface area contributed by atoms with Crippen molar-refractivity contribution >= 4 is 11.6 Å². The van der Waals surface area contributed by atoms with Gasteiger partial charge in [0.05, 0.1) is 24.1 Å². The Labute approximate surface area is 154 Å². The molecule has 0 bridgehead atoms. The van der Waals surface area contributed by atoms with Gasteiger partial charge in [0.15, 0.2) is 17.3 Å². The van der Waals surface area contributed by atoms with Gasteiger partial charge in [0.2, 0.25) is 12.7 Å². The van der Waals surface area contributed by atoms with E-state index in [0.29, 0.717) is 46.7 Å². The Balaban J connectivity index is 1.53. The second kappa shape index (κ2) is 6.94. The van der Waals surface area contributed by atoms with E-state index in [1.807, 2.05) is 6.92 Å². The number of ether oxygens (including phenoxy) is 3. The maximum atomic E-state index is 12.6. The fraction of sp³-hybridized carbons (Fsp3) is 0.222. The number of fused-ring (bicyclic) bond motifs is 1. The number of amides is 1. The summed E-state index contributed by atoms with van der Waals surface area (Å²) in [6, 6.07) is 8.67. The molecule has 1 aliphatic rings. The number of nitrogens with one attached hydrogen (secondary N) is 1. The number of hydrogen-bond donors (Lipinski definition) is 1. The summed E-state index contributed by atoms with van der Waals surface area (Å²) in [5.74, 6) is 1.91. The summed E-state index contributed by atoms with van der Waals surface area (Å²) >= 11 is 0. The van der Waals surface area contributed by atoms with E-state index in [1.165, 1.54) is 6.20 Å². The molecule has 0 aliphatic carbocycles. The predicted molar refractivity (Wildman–Crippen MR) is 95.6 cm³/mol. The summed E-state index contributed by atoms with van der Waals surface area (Å²) in [4.78, 5) is 12.6. The van der Waals surface area contributed by atoms with Gasteiger partial charge in [-0.15, -0.1) is 10.2 Å². The maximum absolute atomic E-state index is 12.6. The molecule has 0 spiro atoms. The Morgan fingerprint density at radius 3 is 2.85 bits per heavy atom. The zero-order chi connectivity index (χ0) is 18.8. The van der Waals surface area contributed by atoms with Crippen LogP contribution >= 0.6 is 0 Å². The lowest BCUT2D eigenvalue weighted by Gasteiger charge is -2.07. The van der Waals surface area contributed by atoms with E-state index in [0.717, 1.165) is 0 Å². The van der Waals surface area contributed by atoms with Gasteiger partial charge in [-0.25, -0.2) is 4.68 Å². The molecule has 1 N–H and O–H groups in total. The first kappa shape index (κ1) is 16.8. The molecule has 3 heterocycles. The normalized spacial score (nSPS) is 12.1. The molecule has 9 heteroatoms. The van der Waals surface area contributed by atoms with Crippen LogP contribution in [0.25, 0.3) is 5.82 Å². The highest BCUT2D eigenvalue weighted by molar-refractivity contribution is 6.05. The van der Waals surface area contributed by atoms with Gasteiger partial charge in [-0.05, 0) is 32.0 Å². The summed E-state index contributed by atoms with van der Waals surface area (Å²) in [7, 11) is 0. The molecule has 0 fully saturated rings.